The van der Waals surface area contributed by atoms with Crippen LogP contribution in [0.25, 0.3) is 5.69 Å². The molecule has 1 heterocycles. The lowest BCUT2D eigenvalue weighted by Crippen LogP contribution is -1.97. The van der Waals surface area contributed by atoms with Crippen LogP contribution in [0.3, 0.4) is 0 Å². The first-order valence-electron chi connectivity index (χ1n) is 6.61. The molecule has 3 aromatic rings. The van der Waals surface area contributed by atoms with E-state index in [4.69, 9.17) is 11.6 Å². The van der Waals surface area contributed by atoms with Crippen molar-refractivity contribution in [3.63, 3.8) is 0 Å². The van der Waals surface area contributed by atoms with Gasteiger partial charge in [0.05, 0.1) is 5.69 Å². The Labute approximate surface area is 133 Å². The predicted octanol–water partition coefficient (Wildman–Crippen LogP) is 4.77. The topological polar surface area (TPSA) is 30.7 Å². The van der Waals surface area contributed by atoms with E-state index in [0.29, 0.717) is 10.3 Å². The Morgan fingerprint density at radius 2 is 1.90 bits per heavy atom. The first kappa shape index (κ1) is 14.2. The maximum absolute atomic E-state index is 6.05. The highest BCUT2D eigenvalue weighted by Crippen LogP contribution is 2.34. The zero-order chi connectivity index (χ0) is 14.7. The summed E-state index contributed by atoms with van der Waals surface area (Å²) in [5, 5.41) is 10.1. The van der Waals surface area contributed by atoms with E-state index in [2.05, 4.69) is 29.3 Å². The summed E-state index contributed by atoms with van der Waals surface area (Å²) < 4.78 is 1.95. The molecule has 0 saturated carbocycles. The normalized spacial score (nSPS) is 12.3. The zero-order valence-electron chi connectivity index (χ0n) is 11.5. The van der Waals surface area contributed by atoms with Crippen LogP contribution in [0.15, 0.2) is 66.1 Å². The molecular weight excluding hydrogens is 302 g/mol. The molecule has 3 rings (SSSR count). The Bertz CT molecular complexity index is 727. The van der Waals surface area contributed by atoms with Gasteiger partial charge in [0, 0.05) is 10.3 Å². The van der Waals surface area contributed by atoms with Crippen molar-refractivity contribution in [1.29, 1.82) is 0 Å². The summed E-state index contributed by atoms with van der Waals surface area (Å²) in [7, 11) is 0. The number of aromatic nitrogens is 3. The van der Waals surface area contributed by atoms with Crippen LogP contribution in [-0.4, -0.2) is 14.8 Å². The molecular formula is C16H14ClN3S. The number of thioether (sulfide) groups is 1. The summed E-state index contributed by atoms with van der Waals surface area (Å²) >= 11 is 7.73. The molecule has 1 atom stereocenters. The Morgan fingerprint density at radius 1 is 1.10 bits per heavy atom. The molecule has 0 spiro atoms. The number of hydrogen-bond donors (Lipinski definition) is 0. The summed E-state index contributed by atoms with van der Waals surface area (Å²) in [6.07, 6.45) is 1.71. The van der Waals surface area contributed by atoms with Crippen molar-refractivity contribution < 1.29 is 0 Å². The van der Waals surface area contributed by atoms with Gasteiger partial charge in [-0.1, -0.05) is 59.8 Å². The fourth-order valence-corrected chi connectivity index (χ4v) is 3.21. The van der Waals surface area contributed by atoms with Gasteiger partial charge in [0.1, 0.15) is 6.33 Å². The van der Waals surface area contributed by atoms with E-state index in [1.807, 2.05) is 47.0 Å². The second kappa shape index (κ2) is 6.33. The van der Waals surface area contributed by atoms with Gasteiger partial charge >= 0.3 is 0 Å². The van der Waals surface area contributed by atoms with Crippen LogP contribution in [-0.2, 0) is 0 Å². The van der Waals surface area contributed by atoms with E-state index < -0.39 is 0 Å². The lowest BCUT2D eigenvalue weighted by molar-refractivity contribution is 0.876. The molecule has 3 nitrogen and oxygen atoms in total. The van der Waals surface area contributed by atoms with Crippen molar-refractivity contribution in [2.75, 3.05) is 0 Å². The van der Waals surface area contributed by atoms with Crippen LogP contribution in [0.2, 0.25) is 5.02 Å². The number of rotatable bonds is 4. The third-order valence-electron chi connectivity index (χ3n) is 3.15. The minimum Gasteiger partial charge on any atom is -0.277 e. The second-order valence-electron chi connectivity index (χ2n) is 4.63. The minimum absolute atomic E-state index is 0.299. The molecule has 0 bridgehead atoms. The molecule has 5 heteroatoms. The highest BCUT2D eigenvalue weighted by molar-refractivity contribution is 7.99. The van der Waals surface area contributed by atoms with E-state index in [-0.39, 0.29) is 0 Å². The third kappa shape index (κ3) is 3.28. The van der Waals surface area contributed by atoms with E-state index in [0.717, 1.165) is 10.8 Å². The van der Waals surface area contributed by atoms with E-state index >= 15 is 0 Å². The van der Waals surface area contributed by atoms with Gasteiger partial charge in [-0.3, -0.25) is 4.57 Å². The lowest BCUT2D eigenvalue weighted by Gasteiger charge is -2.12. The molecule has 0 aliphatic rings. The third-order valence-corrected chi connectivity index (χ3v) is 4.50. The molecule has 0 saturated heterocycles. The number of halogens is 1. The Morgan fingerprint density at radius 3 is 2.67 bits per heavy atom. The van der Waals surface area contributed by atoms with Crippen LogP contribution >= 0.6 is 23.4 Å². The average Bonchev–Trinajstić information content (AvgIpc) is 2.96. The standard InChI is InChI=1S/C16H14ClN3S/c1-12(13-6-3-2-4-7-13)21-16-19-18-11-20(16)15-9-5-8-14(17)10-15/h2-12H,1H3/t12-/m0/s1. The van der Waals surface area contributed by atoms with Gasteiger partial charge in [0.2, 0.25) is 0 Å². The van der Waals surface area contributed by atoms with Crippen molar-refractivity contribution in [2.24, 2.45) is 0 Å². The Hall–Kier alpha value is -1.78. The monoisotopic (exact) mass is 315 g/mol. The molecule has 1 aromatic heterocycles. The molecule has 0 fully saturated rings. The SMILES string of the molecule is C[C@H](Sc1nncn1-c1cccc(Cl)c1)c1ccccc1. The highest BCUT2D eigenvalue weighted by atomic mass is 35.5. The maximum Gasteiger partial charge on any atom is 0.196 e. The van der Waals surface area contributed by atoms with Crippen molar-refractivity contribution in [3.8, 4) is 5.69 Å². The average molecular weight is 316 g/mol. The van der Waals surface area contributed by atoms with Crippen molar-refractivity contribution in [3.05, 3.63) is 71.5 Å². The molecule has 21 heavy (non-hydrogen) atoms. The van der Waals surface area contributed by atoms with E-state index in [1.54, 1.807) is 18.1 Å². The van der Waals surface area contributed by atoms with E-state index in [9.17, 15) is 0 Å². The van der Waals surface area contributed by atoms with Gasteiger partial charge in [-0.2, -0.15) is 0 Å². The molecule has 0 aliphatic heterocycles. The minimum atomic E-state index is 0.299. The summed E-state index contributed by atoms with van der Waals surface area (Å²) in [5.74, 6) is 0. The van der Waals surface area contributed by atoms with Gasteiger partial charge in [-0.15, -0.1) is 10.2 Å². The van der Waals surface area contributed by atoms with Crippen molar-refractivity contribution >= 4 is 23.4 Å². The summed E-state index contributed by atoms with van der Waals surface area (Å²) in [6.45, 7) is 2.16. The summed E-state index contributed by atoms with van der Waals surface area (Å²) in [5.41, 5.74) is 2.23. The van der Waals surface area contributed by atoms with Crippen LogP contribution in [0.5, 0.6) is 0 Å². The molecule has 0 amide bonds. The molecule has 0 N–H and O–H groups in total. The summed E-state index contributed by atoms with van der Waals surface area (Å²) in [6, 6.07) is 18.0. The smallest absolute Gasteiger partial charge is 0.196 e. The van der Waals surface area contributed by atoms with Gasteiger partial charge in [0.25, 0.3) is 0 Å². The molecule has 0 unspecified atom stereocenters. The van der Waals surface area contributed by atoms with E-state index in [1.165, 1.54) is 5.56 Å². The number of benzene rings is 2. The molecule has 2 aromatic carbocycles. The predicted molar refractivity (Wildman–Crippen MR) is 87.1 cm³/mol. The molecule has 0 radical (unpaired) electrons. The quantitative estimate of drug-likeness (QED) is 0.649. The fourth-order valence-electron chi connectivity index (χ4n) is 2.06. The lowest BCUT2D eigenvalue weighted by atomic mass is 10.2. The van der Waals surface area contributed by atoms with Crippen LogP contribution in [0.4, 0.5) is 0 Å². The first-order valence-corrected chi connectivity index (χ1v) is 7.87. The van der Waals surface area contributed by atoms with Gasteiger partial charge in [0.15, 0.2) is 5.16 Å². The van der Waals surface area contributed by atoms with Gasteiger partial charge in [-0.05, 0) is 30.7 Å². The molecule has 106 valence electrons. The fraction of sp³-hybridized carbons (Fsp3) is 0.125. The first-order chi connectivity index (χ1) is 10.2. The second-order valence-corrected chi connectivity index (χ2v) is 6.38. The number of nitrogens with zero attached hydrogens (tertiary/aromatic N) is 3. The van der Waals surface area contributed by atoms with Crippen LogP contribution < -0.4 is 0 Å². The van der Waals surface area contributed by atoms with Crippen molar-refractivity contribution in [1.82, 2.24) is 14.8 Å². The zero-order valence-corrected chi connectivity index (χ0v) is 13.1. The maximum atomic E-state index is 6.05. The van der Waals surface area contributed by atoms with Crippen LogP contribution in [0.1, 0.15) is 17.7 Å². The van der Waals surface area contributed by atoms with Crippen LogP contribution in [0, 0.1) is 0 Å². The van der Waals surface area contributed by atoms with Crippen molar-refractivity contribution in [2.45, 2.75) is 17.3 Å². The van der Waals surface area contributed by atoms with Gasteiger partial charge in [-0.25, -0.2) is 0 Å². The Balaban J connectivity index is 1.86. The summed E-state index contributed by atoms with van der Waals surface area (Å²) in [4.78, 5) is 0. The molecule has 0 aliphatic carbocycles. The largest absolute Gasteiger partial charge is 0.277 e. The van der Waals surface area contributed by atoms with Gasteiger partial charge < -0.3 is 0 Å². The number of hydrogen-bond acceptors (Lipinski definition) is 3. The Kier molecular flexibility index (Phi) is 4.27. The highest BCUT2D eigenvalue weighted by Gasteiger charge is 2.13.